The number of piperazine rings is 1. The van der Waals surface area contributed by atoms with Gasteiger partial charge in [0.2, 0.25) is 10.0 Å². The van der Waals surface area contributed by atoms with Gasteiger partial charge in [-0.15, -0.1) is 0 Å². The minimum atomic E-state index is -3.36. The molecule has 0 aliphatic carbocycles. The van der Waals surface area contributed by atoms with Crippen molar-refractivity contribution in [3.8, 4) is 5.69 Å². The van der Waals surface area contributed by atoms with Gasteiger partial charge in [0.1, 0.15) is 17.3 Å². The Bertz CT molecular complexity index is 1140. The third-order valence-corrected chi connectivity index (χ3v) is 8.32. The van der Waals surface area contributed by atoms with Crippen LogP contribution < -0.4 is 15.4 Å². The van der Waals surface area contributed by atoms with Crippen molar-refractivity contribution in [3.63, 3.8) is 0 Å². The molecule has 8 nitrogen and oxygen atoms in total. The third kappa shape index (κ3) is 5.57. The Morgan fingerprint density at radius 3 is 2.24 bits per heavy atom. The van der Waals surface area contributed by atoms with Crippen LogP contribution >= 0.6 is 0 Å². The zero-order valence-corrected chi connectivity index (χ0v) is 21.0. The molecule has 2 aromatic rings. The smallest absolute Gasteiger partial charge is 0.297 e. The van der Waals surface area contributed by atoms with E-state index >= 15 is 0 Å². The lowest BCUT2D eigenvalue weighted by Crippen LogP contribution is -2.51. The third-order valence-electron chi connectivity index (χ3n) is 6.04. The second-order valence-corrected chi connectivity index (χ2v) is 11.3. The summed E-state index contributed by atoms with van der Waals surface area (Å²) in [7, 11) is -1.55. The maximum atomic E-state index is 13.8. The number of anilines is 2. The van der Waals surface area contributed by atoms with Gasteiger partial charge in [-0.2, -0.15) is 14.1 Å². The van der Waals surface area contributed by atoms with Crippen LogP contribution in [0.3, 0.4) is 0 Å². The molecule has 0 atom stereocenters. The van der Waals surface area contributed by atoms with E-state index in [9.17, 15) is 22.0 Å². The van der Waals surface area contributed by atoms with Crippen molar-refractivity contribution < 1.29 is 17.2 Å². The van der Waals surface area contributed by atoms with E-state index in [1.165, 1.54) is 10.5 Å². The zero-order valence-electron chi connectivity index (χ0n) is 20.2. The van der Waals surface area contributed by atoms with Crippen LogP contribution in [0.2, 0.25) is 0 Å². The van der Waals surface area contributed by atoms with E-state index in [-0.39, 0.29) is 5.69 Å². The van der Waals surface area contributed by atoms with Crippen LogP contribution in [0.15, 0.2) is 29.2 Å². The molecule has 0 N–H and O–H groups in total. The number of halogens is 2. The van der Waals surface area contributed by atoms with E-state index < -0.39 is 32.5 Å². The van der Waals surface area contributed by atoms with Crippen LogP contribution in [0.25, 0.3) is 5.69 Å². The summed E-state index contributed by atoms with van der Waals surface area (Å²) in [5, 5.41) is 3.71. The molecule has 0 unspecified atom stereocenters. The summed E-state index contributed by atoms with van der Waals surface area (Å²) in [5.41, 5.74) is 0.471. The molecular formula is C23H33F2N5O3S. The van der Waals surface area contributed by atoms with Crippen molar-refractivity contribution in [1.82, 2.24) is 14.1 Å². The van der Waals surface area contributed by atoms with Crippen LogP contribution in [0.1, 0.15) is 40.0 Å². The van der Waals surface area contributed by atoms with Gasteiger partial charge in [-0.3, -0.25) is 4.79 Å². The Labute approximate surface area is 199 Å². The summed E-state index contributed by atoms with van der Waals surface area (Å²) < 4.78 is 55.2. The van der Waals surface area contributed by atoms with E-state index in [1.54, 1.807) is 13.8 Å². The highest BCUT2D eigenvalue weighted by Crippen LogP contribution is 2.27. The lowest BCUT2D eigenvalue weighted by atomic mass is 10.2. The average molecular weight is 498 g/mol. The Hall–Kier alpha value is -2.53. The molecule has 1 aromatic carbocycles. The molecular weight excluding hydrogens is 464 g/mol. The lowest BCUT2D eigenvalue weighted by molar-refractivity contribution is 0.381. The number of rotatable bonds is 9. The van der Waals surface area contributed by atoms with E-state index in [2.05, 4.69) is 12.0 Å². The first kappa shape index (κ1) is 26.1. The molecule has 3 rings (SSSR count). The molecule has 0 bridgehead atoms. The predicted octanol–water partition coefficient (Wildman–Crippen LogP) is 3.00. The Morgan fingerprint density at radius 1 is 1.06 bits per heavy atom. The Kier molecular flexibility index (Phi) is 8.29. The molecule has 0 saturated carbocycles. The van der Waals surface area contributed by atoms with Gasteiger partial charge in [-0.25, -0.2) is 17.2 Å². The van der Waals surface area contributed by atoms with Crippen LogP contribution in [-0.4, -0.2) is 67.5 Å². The number of hydrogen-bond donors (Lipinski definition) is 0. The highest BCUT2D eigenvalue weighted by atomic mass is 32.2. The van der Waals surface area contributed by atoms with Gasteiger partial charge in [0, 0.05) is 45.8 Å². The molecule has 2 heterocycles. The fourth-order valence-corrected chi connectivity index (χ4v) is 5.33. The average Bonchev–Trinajstić information content (AvgIpc) is 2.78. The molecule has 1 aliphatic rings. The van der Waals surface area contributed by atoms with Gasteiger partial charge in [0.05, 0.1) is 22.8 Å². The molecule has 1 fully saturated rings. The summed E-state index contributed by atoms with van der Waals surface area (Å²) >= 11 is 0. The van der Waals surface area contributed by atoms with Crippen molar-refractivity contribution in [2.45, 2.75) is 45.3 Å². The molecule has 1 saturated heterocycles. The highest BCUT2D eigenvalue weighted by molar-refractivity contribution is 7.89. The summed E-state index contributed by atoms with van der Waals surface area (Å²) in [6.45, 7) is 7.44. The monoisotopic (exact) mass is 497 g/mol. The van der Waals surface area contributed by atoms with E-state index in [0.717, 1.165) is 42.1 Å². The van der Waals surface area contributed by atoms with Gasteiger partial charge < -0.3 is 9.80 Å². The second kappa shape index (κ2) is 10.8. The maximum Gasteiger partial charge on any atom is 0.297 e. The predicted molar refractivity (Wildman–Crippen MR) is 130 cm³/mol. The number of hydrogen-bond acceptors (Lipinski definition) is 6. The van der Waals surface area contributed by atoms with E-state index in [1.807, 2.05) is 16.8 Å². The topological polar surface area (TPSA) is 78.8 Å². The van der Waals surface area contributed by atoms with Gasteiger partial charge in [-0.05, 0) is 32.4 Å². The second-order valence-electron chi connectivity index (χ2n) is 8.83. The summed E-state index contributed by atoms with van der Waals surface area (Å²) in [6, 6.07) is 2.87. The van der Waals surface area contributed by atoms with Crippen molar-refractivity contribution >= 4 is 21.4 Å². The first-order valence-corrected chi connectivity index (χ1v) is 13.1. The molecule has 1 aliphatic heterocycles. The van der Waals surface area contributed by atoms with Crippen molar-refractivity contribution in [1.29, 1.82) is 0 Å². The number of aromatic nitrogens is 2. The van der Waals surface area contributed by atoms with Crippen LogP contribution in [-0.2, 0) is 10.0 Å². The van der Waals surface area contributed by atoms with Crippen LogP contribution in [0.4, 0.5) is 20.2 Å². The van der Waals surface area contributed by atoms with Gasteiger partial charge in [-0.1, -0.05) is 19.8 Å². The maximum absolute atomic E-state index is 13.8. The fourth-order valence-electron chi connectivity index (χ4n) is 4.06. The van der Waals surface area contributed by atoms with Crippen molar-refractivity contribution in [2.75, 3.05) is 49.6 Å². The van der Waals surface area contributed by atoms with Crippen LogP contribution in [0, 0.1) is 11.6 Å². The molecule has 34 heavy (non-hydrogen) atoms. The van der Waals surface area contributed by atoms with Gasteiger partial charge >= 0.3 is 0 Å². The SMILES string of the molecule is CCCCCN(C)c1c(N2CCN(S(=O)(=O)C(C)C)CC2)cnn(-c2cc(F)cc(F)c2)c1=O. The molecule has 0 radical (unpaired) electrons. The van der Waals surface area contributed by atoms with E-state index in [0.29, 0.717) is 44.1 Å². The highest BCUT2D eigenvalue weighted by Gasteiger charge is 2.31. The largest absolute Gasteiger partial charge is 0.368 e. The molecule has 188 valence electrons. The number of nitrogens with zero attached hydrogens (tertiary/aromatic N) is 5. The standard InChI is InChI=1S/C23H33F2N5O3S/c1-5-6-7-8-27(4)22-21(28-9-11-29(12-10-28)34(32,33)17(2)3)16-26-30(23(22)31)20-14-18(24)13-19(25)15-20/h13-17H,5-12H2,1-4H3. The Morgan fingerprint density at radius 2 is 1.68 bits per heavy atom. The molecule has 0 amide bonds. The zero-order chi connectivity index (χ0) is 25.0. The molecule has 0 spiro atoms. The fraction of sp³-hybridized carbons (Fsp3) is 0.565. The van der Waals surface area contributed by atoms with Gasteiger partial charge in [0.25, 0.3) is 5.56 Å². The number of sulfonamides is 1. The minimum Gasteiger partial charge on any atom is -0.368 e. The first-order chi connectivity index (χ1) is 16.1. The quantitative estimate of drug-likeness (QED) is 0.496. The van der Waals surface area contributed by atoms with Crippen molar-refractivity contribution in [2.24, 2.45) is 0 Å². The number of unbranched alkanes of at least 4 members (excludes halogenated alkanes) is 2. The lowest BCUT2D eigenvalue weighted by Gasteiger charge is -2.37. The van der Waals surface area contributed by atoms with Crippen molar-refractivity contribution in [3.05, 3.63) is 46.4 Å². The summed E-state index contributed by atoms with van der Waals surface area (Å²) in [5.74, 6) is -1.60. The normalized spacial score (nSPS) is 15.2. The van der Waals surface area contributed by atoms with E-state index in [4.69, 9.17) is 0 Å². The number of benzene rings is 1. The molecule has 1 aromatic heterocycles. The Balaban J connectivity index is 1.98. The van der Waals surface area contributed by atoms with Crippen LogP contribution in [0.5, 0.6) is 0 Å². The summed E-state index contributed by atoms with van der Waals surface area (Å²) in [6.07, 6.45) is 4.42. The van der Waals surface area contributed by atoms with Gasteiger partial charge in [0.15, 0.2) is 0 Å². The minimum absolute atomic E-state index is 0.00473. The first-order valence-electron chi connectivity index (χ1n) is 11.6. The molecule has 11 heteroatoms. The summed E-state index contributed by atoms with van der Waals surface area (Å²) in [4.78, 5) is 17.3.